The van der Waals surface area contributed by atoms with Crippen LogP contribution in [0.1, 0.15) is 53.4 Å². The van der Waals surface area contributed by atoms with Crippen molar-refractivity contribution in [3.8, 4) is 0 Å². The molecule has 0 aromatic rings. The normalized spacial score (nSPS) is 24.9. The van der Waals surface area contributed by atoms with E-state index in [0.717, 1.165) is 18.4 Å². The Hall–Kier alpha value is -0.0800. The van der Waals surface area contributed by atoms with Crippen LogP contribution in [0.2, 0.25) is 0 Å². The molecule has 2 atom stereocenters. The molecule has 1 fully saturated rings. The van der Waals surface area contributed by atoms with E-state index < -0.39 is 0 Å². The molecule has 1 aliphatic heterocycles. The molecular weight excluding hydrogens is 208 g/mol. The van der Waals surface area contributed by atoms with Crippen molar-refractivity contribution in [1.82, 2.24) is 10.2 Å². The lowest BCUT2D eigenvalue weighted by Crippen LogP contribution is -2.36. The number of nitrogens with one attached hydrogen (secondary N) is 1. The van der Waals surface area contributed by atoms with Gasteiger partial charge in [-0.2, -0.15) is 0 Å². The molecule has 1 rings (SSSR count). The number of hydrogen-bond donors (Lipinski definition) is 1. The van der Waals surface area contributed by atoms with Gasteiger partial charge < -0.3 is 10.2 Å². The number of rotatable bonds is 6. The minimum atomic E-state index is 0.672. The SMILES string of the molecule is CCC(C)NCCN1CCCC(C(C)C)CC1. The van der Waals surface area contributed by atoms with Gasteiger partial charge in [0.1, 0.15) is 0 Å². The van der Waals surface area contributed by atoms with Gasteiger partial charge in [-0.05, 0) is 57.5 Å². The summed E-state index contributed by atoms with van der Waals surface area (Å²) in [5, 5.41) is 3.59. The third-order valence-corrected chi connectivity index (χ3v) is 4.34. The van der Waals surface area contributed by atoms with Crippen LogP contribution in [0.25, 0.3) is 0 Å². The largest absolute Gasteiger partial charge is 0.313 e. The highest BCUT2D eigenvalue weighted by molar-refractivity contribution is 4.73. The maximum absolute atomic E-state index is 3.59. The fourth-order valence-electron chi connectivity index (χ4n) is 2.69. The molecule has 1 heterocycles. The first-order valence-corrected chi connectivity index (χ1v) is 7.59. The second-order valence-electron chi connectivity index (χ2n) is 6.04. The summed E-state index contributed by atoms with van der Waals surface area (Å²) >= 11 is 0. The van der Waals surface area contributed by atoms with Crippen LogP contribution in [0, 0.1) is 11.8 Å². The summed E-state index contributed by atoms with van der Waals surface area (Å²) < 4.78 is 0. The van der Waals surface area contributed by atoms with E-state index in [9.17, 15) is 0 Å². The van der Waals surface area contributed by atoms with Crippen molar-refractivity contribution in [2.45, 2.75) is 59.4 Å². The molecule has 2 heteroatoms. The third-order valence-electron chi connectivity index (χ3n) is 4.34. The second-order valence-corrected chi connectivity index (χ2v) is 6.04. The summed E-state index contributed by atoms with van der Waals surface area (Å²) in [5.74, 6) is 1.83. The van der Waals surface area contributed by atoms with Gasteiger partial charge in [0.05, 0.1) is 0 Å². The van der Waals surface area contributed by atoms with Crippen LogP contribution in [-0.4, -0.2) is 37.1 Å². The van der Waals surface area contributed by atoms with E-state index in [1.165, 1.54) is 45.3 Å². The maximum atomic E-state index is 3.59. The van der Waals surface area contributed by atoms with Gasteiger partial charge in [0, 0.05) is 19.1 Å². The Kier molecular flexibility index (Phi) is 7.14. The Morgan fingerprint density at radius 2 is 1.94 bits per heavy atom. The molecule has 0 saturated carbocycles. The van der Waals surface area contributed by atoms with Gasteiger partial charge in [-0.15, -0.1) is 0 Å². The monoisotopic (exact) mass is 240 g/mol. The lowest BCUT2D eigenvalue weighted by molar-refractivity contribution is 0.268. The highest BCUT2D eigenvalue weighted by atomic mass is 15.1. The molecule has 2 unspecified atom stereocenters. The zero-order valence-electron chi connectivity index (χ0n) is 12.3. The summed E-state index contributed by atoms with van der Waals surface area (Å²) in [7, 11) is 0. The van der Waals surface area contributed by atoms with Crippen LogP contribution in [0.5, 0.6) is 0 Å². The van der Waals surface area contributed by atoms with Crippen molar-refractivity contribution in [2.75, 3.05) is 26.2 Å². The minimum absolute atomic E-state index is 0.672. The Bertz CT molecular complexity index is 191. The van der Waals surface area contributed by atoms with Crippen molar-refractivity contribution in [1.29, 1.82) is 0 Å². The van der Waals surface area contributed by atoms with E-state index in [-0.39, 0.29) is 0 Å². The molecule has 0 aromatic heterocycles. The van der Waals surface area contributed by atoms with E-state index in [0.29, 0.717) is 6.04 Å². The number of nitrogens with zero attached hydrogens (tertiary/aromatic N) is 1. The van der Waals surface area contributed by atoms with Crippen LogP contribution in [0.15, 0.2) is 0 Å². The zero-order chi connectivity index (χ0) is 12.7. The smallest absolute Gasteiger partial charge is 0.0107 e. The summed E-state index contributed by atoms with van der Waals surface area (Å²) in [6.45, 7) is 14.3. The quantitative estimate of drug-likeness (QED) is 0.767. The molecule has 2 nitrogen and oxygen atoms in total. The Balaban J connectivity index is 2.18. The molecule has 0 radical (unpaired) electrons. The van der Waals surface area contributed by atoms with E-state index in [2.05, 4.69) is 37.9 Å². The molecule has 0 bridgehead atoms. The van der Waals surface area contributed by atoms with Crippen LogP contribution in [-0.2, 0) is 0 Å². The zero-order valence-corrected chi connectivity index (χ0v) is 12.3. The molecule has 1 saturated heterocycles. The molecular formula is C15H32N2. The molecule has 0 amide bonds. The molecule has 17 heavy (non-hydrogen) atoms. The van der Waals surface area contributed by atoms with Gasteiger partial charge >= 0.3 is 0 Å². The first-order valence-electron chi connectivity index (χ1n) is 7.59. The van der Waals surface area contributed by atoms with E-state index in [1.54, 1.807) is 0 Å². The summed E-state index contributed by atoms with van der Waals surface area (Å²) in [6, 6.07) is 0.672. The van der Waals surface area contributed by atoms with Crippen LogP contribution >= 0.6 is 0 Å². The van der Waals surface area contributed by atoms with Crippen molar-refractivity contribution in [3.05, 3.63) is 0 Å². The van der Waals surface area contributed by atoms with Crippen molar-refractivity contribution >= 4 is 0 Å². The lowest BCUT2D eigenvalue weighted by Gasteiger charge is -2.22. The first-order chi connectivity index (χ1) is 8.13. The molecule has 0 aliphatic carbocycles. The average molecular weight is 240 g/mol. The fraction of sp³-hybridized carbons (Fsp3) is 1.00. The van der Waals surface area contributed by atoms with Crippen molar-refractivity contribution in [3.63, 3.8) is 0 Å². The van der Waals surface area contributed by atoms with Gasteiger partial charge in [-0.25, -0.2) is 0 Å². The van der Waals surface area contributed by atoms with E-state index >= 15 is 0 Å². The predicted octanol–water partition coefficient (Wildman–Crippen LogP) is 3.13. The maximum Gasteiger partial charge on any atom is 0.0107 e. The van der Waals surface area contributed by atoms with Gasteiger partial charge in [0.2, 0.25) is 0 Å². The lowest BCUT2D eigenvalue weighted by atomic mass is 9.89. The second kappa shape index (κ2) is 8.10. The summed E-state index contributed by atoms with van der Waals surface area (Å²) in [4.78, 5) is 2.65. The standard InChI is InChI=1S/C15H32N2/c1-5-14(4)16-9-12-17-10-6-7-15(8-11-17)13(2)3/h13-16H,5-12H2,1-4H3. The molecule has 0 spiro atoms. The van der Waals surface area contributed by atoms with Crippen LogP contribution in [0.3, 0.4) is 0 Å². The minimum Gasteiger partial charge on any atom is -0.313 e. The average Bonchev–Trinajstić information content (AvgIpc) is 2.54. The predicted molar refractivity (Wildman–Crippen MR) is 76.4 cm³/mol. The Morgan fingerprint density at radius 1 is 1.18 bits per heavy atom. The molecule has 1 N–H and O–H groups in total. The highest BCUT2D eigenvalue weighted by Crippen LogP contribution is 2.24. The topological polar surface area (TPSA) is 15.3 Å². The van der Waals surface area contributed by atoms with Crippen LogP contribution < -0.4 is 5.32 Å². The van der Waals surface area contributed by atoms with Gasteiger partial charge in [0.25, 0.3) is 0 Å². The number of likely N-dealkylation sites (tertiary alicyclic amines) is 1. The first kappa shape index (κ1) is 15.0. The summed E-state index contributed by atoms with van der Waals surface area (Å²) in [6.07, 6.45) is 5.47. The van der Waals surface area contributed by atoms with Crippen molar-refractivity contribution in [2.24, 2.45) is 11.8 Å². The molecule has 1 aliphatic rings. The molecule has 102 valence electrons. The van der Waals surface area contributed by atoms with Crippen molar-refractivity contribution < 1.29 is 0 Å². The van der Waals surface area contributed by atoms with Gasteiger partial charge in [0.15, 0.2) is 0 Å². The highest BCUT2D eigenvalue weighted by Gasteiger charge is 2.18. The van der Waals surface area contributed by atoms with Crippen LogP contribution in [0.4, 0.5) is 0 Å². The fourth-order valence-corrected chi connectivity index (χ4v) is 2.69. The van der Waals surface area contributed by atoms with Gasteiger partial charge in [-0.3, -0.25) is 0 Å². The molecule has 0 aromatic carbocycles. The number of hydrogen-bond acceptors (Lipinski definition) is 2. The summed E-state index contributed by atoms with van der Waals surface area (Å²) in [5.41, 5.74) is 0. The van der Waals surface area contributed by atoms with E-state index in [4.69, 9.17) is 0 Å². The van der Waals surface area contributed by atoms with E-state index in [1.807, 2.05) is 0 Å². The third kappa shape index (κ3) is 5.87. The van der Waals surface area contributed by atoms with Gasteiger partial charge in [-0.1, -0.05) is 20.8 Å². The Morgan fingerprint density at radius 3 is 2.59 bits per heavy atom. The Labute approximate surface area is 108 Å².